The highest BCUT2D eigenvalue weighted by molar-refractivity contribution is 5.55. The van der Waals surface area contributed by atoms with Gasteiger partial charge in [-0.15, -0.1) is 0 Å². The van der Waals surface area contributed by atoms with Crippen molar-refractivity contribution in [2.24, 2.45) is 0 Å². The zero-order chi connectivity index (χ0) is 8.97. The molecule has 0 aliphatic carbocycles. The molecular formula is C11H14O. The van der Waals surface area contributed by atoms with Crippen LogP contribution in [0.25, 0.3) is 6.08 Å². The van der Waals surface area contributed by atoms with Gasteiger partial charge in [-0.1, -0.05) is 25.1 Å². The third-order valence-corrected chi connectivity index (χ3v) is 1.85. The smallest absolute Gasteiger partial charge is 0.115 e. The molecule has 0 bridgehead atoms. The summed E-state index contributed by atoms with van der Waals surface area (Å²) in [6.07, 6.45) is 5.01. The van der Waals surface area contributed by atoms with Gasteiger partial charge in [-0.05, 0) is 36.6 Å². The van der Waals surface area contributed by atoms with E-state index in [0.29, 0.717) is 5.75 Å². The predicted molar refractivity (Wildman–Crippen MR) is 52.2 cm³/mol. The Balaban J connectivity index is 3.10. The third kappa shape index (κ3) is 1.88. The van der Waals surface area contributed by atoms with Crippen LogP contribution in [-0.2, 0) is 6.42 Å². The Morgan fingerprint density at radius 2 is 2.17 bits per heavy atom. The summed E-state index contributed by atoms with van der Waals surface area (Å²) in [5.41, 5.74) is 2.38. The van der Waals surface area contributed by atoms with Crippen molar-refractivity contribution >= 4 is 6.08 Å². The molecule has 0 atom stereocenters. The van der Waals surface area contributed by atoms with Gasteiger partial charge in [0.05, 0.1) is 0 Å². The SMILES string of the molecule is C/C=C\c1ccc(O)cc1CC. The second-order valence-electron chi connectivity index (χ2n) is 2.74. The summed E-state index contributed by atoms with van der Waals surface area (Å²) >= 11 is 0. The number of phenolic OH excluding ortho intramolecular Hbond substituents is 1. The normalized spacial score (nSPS) is 10.8. The molecule has 0 heterocycles. The van der Waals surface area contributed by atoms with Crippen LogP contribution >= 0.6 is 0 Å². The quantitative estimate of drug-likeness (QED) is 0.708. The zero-order valence-corrected chi connectivity index (χ0v) is 7.54. The first kappa shape index (κ1) is 8.85. The van der Waals surface area contributed by atoms with Gasteiger partial charge in [-0.2, -0.15) is 0 Å². The minimum Gasteiger partial charge on any atom is -0.508 e. The van der Waals surface area contributed by atoms with Crippen molar-refractivity contribution in [2.45, 2.75) is 20.3 Å². The van der Waals surface area contributed by atoms with E-state index in [1.165, 1.54) is 11.1 Å². The van der Waals surface area contributed by atoms with E-state index in [1.54, 1.807) is 6.07 Å². The molecule has 0 aliphatic heterocycles. The molecule has 64 valence electrons. The maximum atomic E-state index is 9.21. The Kier molecular flexibility index (Phi) is 2.92. The predicted octanol–water partition coefficient (Wildman–Crippen LogP) is 2.99. The molecular weight excluding hydrogens is 148 g/mol. The lowest BCUT2D eigenvalue weighted by Crippen LogP contribution is -1.84. The number of rotatable bonds is 2. The summed E-state index contributed by atoms with van der Waals surface area (Å²) in [5.74, 6) is 0.347. The van der Waals surface area contributed by atoms with Gasteiger partial charge in [0.25, 0.3) is 0 Å². The monoisotopic (exact) mass is 162 g/mol. The first-order valence-corrected chi connectivity index (χ1v) is 4.22. The average Bonchev–Trinajstić information content (AvgIpc) is 2.08. The van der Waals surface area contributed by atoms with Gasteiger partial charge in [0.2, 0.25) is 0 Å². The van der Waals surface area contributed by atoms with E-state index in [2.05, 4.69) is 13.0 Å². The first-order valence-electron chi connectivity index (χ1n) is 4.22. The molecule has 0 amide bonds. The molecule has 0 unspecified atom stereocenters. The van der Waals surface area contributed by atoms with E-state index in [0.717, 1.165) is 6.42 Å². The fraction of sp³-hybridized carbons (Fsp3) is 0.273. The van der Waals surface area contributed by atoms with Crippen LogP contribution in [0.3, 0.4) is 0 Å². The Hall–Kier alpha value is -1.24. The van der Waals surface area contributed by atoms with Crippen LogP contribution < -0.4 is 0 Å². The lowest BCUT2D eigenvalue weighted by atomic mass is 10.0. The van der Waals surface area contributed by atoms with E-state index in [4.69, 9.17) is 0 Å². The molecule has 0 spiro atoms. The molecule has 0 radical (unpaired) electrons. The number of hydrogen-bond acceptors (Lipinski definition) is 1. The van der Waals surface area contributed by atoms with Gasteiger partial charge in [0, 0.05) is 0 Å². The number of aromatic hydroxyl groups is 1. The molecule has 0 fully saturated rings. The third-order valence-electron chi connectivity index (χ3n) is 1.85. The Labute approximate surface area is 73.4 Å². The van der Waals surface area contributed by atoms with Crippen molar-refractivity contribution in [3.63, 3.8) is 0 Å². The minimum absolute atomic E-state index is 0.347. The number of benzene rings is 1. The van der Waals surface area contributed by atoms with Crippen molar-refractivity contribution in [1.29, 1.82) is 0 Å². The lowest BCUT2D eigenvalue weighted by molar-refractivity contribution is 0.474. The second kappa shape index (κ2) is 3.96. The van der Waals surface area contributed by atoms with Crippen LogP contribution in [0.15, 0.2) is 24.3 Å². The standard InChI is InChI=1S/C11H14O/c1-3-5-10-6-7-11(12)8-9(10)4-2/h3,5-8,12H,4H2,1-2H3/b5-3-. The van der Waals surface area contributed by atoms with Crippen LogP contribution in [0.2, 0.25) is 0 Å². The summed E-state index contributed by atoms with van der Waals surface area (Å²) in [6, 6.07) is 5.47. The largest absolute Gasteiger partial charge is 0.508 e. The van der Waals surface area contributed by atoms with Crippen molar-refractivity contribution < 1.29 is 5.11 Å². The topological polar surface area (TPSA) is 20.2 Å². The number of allylic oxidation sites excluding steroid dienone is 1. The van der Waals surface area contributed by atoms with Gasteiger partial charge in [-0.25, -0.2) is 0 Å². The number of phenols is 1. The molecule has 1 aromatic rings. The van der Waals surface area contributed by atoms with Gasteiger partial charge in [0.15, 0.2) is 0 Å². The summed E-state index contributed by atoms with van der Waals surface area (Å²) in [5, 5.41) is 9.21. The molecule has 0 aromatic heterocycles. The number of aryl methyl sites for hydroxylation is 1. The summed E-state index contributed by atoms with van der Waals surface area (Å²) < 4.78 is 0. The molecule has 0 saturated heterocycles. The van der Waals surface area contributed by atoms with Crippen LogP contribution in [0, 0.1) is 0 Å². The molecule has 0 aliphatic rings. The molecule has 12 heavy (non-hydrogen) atoms. The van der Waals surface area contributed by atoms with E-state index < -0.39 is 0 Å². The van der Waals surface area contributed by atoms with Crippen molar-refractivity contribution in [2.75, 3.05) is 0 Å². The second-order valence-corrected chi connectivity index (χ2v) is 2.74. The first-order chi connectivity index (χ1) is 5.77. The Morgan fingerprint density at radius 3 is 2.75 bits per heavy atom. The zero-order valence-electron chi connectivity index (χ0n) is 7.54. The summed E-state index contributed by atoms with van der Waals surface area (Å²) in [4.78, 5) is 0. The van der Waals surface area contributed by atoms with Gasteiger partial charge < -0.3 is 5.11 Å². The summed E-state index contributed by atoms with van der Waals surface area (Å²) in [6.45, 7) is 4.08. The van der Waals surface area contributed by atoms with E-state index in [-0.39, 0.29) is 0 Å². The highest BCUT2D eigenvalue weighted by atomic mass is 16.3. The van der Waals surface area contributed by atoms with Gasteiger partial charge in [-0.3, -0.25) is 0 Å². The molecule has 1 heteroatoms. The average molecular weight is 162 g/mol. The van der Waals surface area contributed by atoms with E-state index in [9.17, 15) is 5.11 Å². The minimum atomic E-state index is 0.347. The Bertz CT molecular complexity index is 287. The maximum absolute atomic E-state index is 9.21. The van der Waals surface area contributed by atoms with Gasteiger partial charge >= 0.3 is 0 Å². The molecule has 1 N–H and O–H groups in total. The maximum Gasteiger partial charge on any atom is 0.115 e. The lowest BCUT2D eigenvalue weighted by Gasteiger charge is -2.02. The van der Waals surface area contributed by atoms with Crippen molar-refractivity contribution in [3.05, 3.63) is 35.4 Å². The van der Waals surface area contributed by atoms with Crippen molar-refractivity contribution in [1.82, 2.24) is 0 Å². The van der Waals surface area contributed by atoms with E-state index >= 15 is 0 Å². The highest BCUT2D eigenvalue weighted by Crippen LogP contribution is 2.18. The number of hydrogen-bond donors (Lipinski definition) is 1. The summed E-state index contributed by atoms with van der Waals surface area (Å²) in [7, 11) is 0. The van der Waals surface area contributed by atoms with Crippen LogP contribution in [-0.4, -0.2) is 5.11 Å². The van der Waals surface area contributed by atoms with E-state index in [1.807, 2.05) is 25.1 Å². The van der Waals surface area contributed by atoms with Gasteiger partial charge in [0.1, 0.15) is 5.75 Å². The molecule has 0 saturated carbocycles. The fourth-order valence-electron chi connectivity index (χ4n) is 1.24. The molecule has 1 aromatic carbocycles. The van der Waals surface area contributed by atoms with Crippen molar-refractivity contribution in [3.8, 4) is 5.75 Å². The van der Waals surface area contributed by atoms with Crippen LogP contribution in [0.4, 0.5) is 0 Å². The molecule has 1 rings (SSSR count). The van der Waals surface area contributed by atoms with Crippen LogP contribution in [0.1, 0.15) is 25.0 Å². The Morgan fingerprint density at radius 1 is 1.42 bits per heavy atom. The molecule has 1 nitrogen and oxygen atoms in total. The fourth-order valence-corrected chi connectivity index (χ4v) is 1.24. The van der Waals surface area contributed by atoms with Crippen LogP contribution in [0.5, 0.6) is 5.75 Å². The highest BCUT2D eigenvalue weighted by Gasteiger charge is 1.97.